The summed E-state index contributed by atoms with van der Waals surface area (Å²) in [5.41, 5.74) is 2.84. The quantitative estimate of drug-likeness (QED) is 0.333. The fraction of sp³-hybridized carbons (Fsp3) is 0.323. The van der Waals surface area contributed by atoms with Crippen LogP contribution in [0.25, 0.3) is 0 Å². The number of aliphatic imine (C=N–C) groups is 1. The molecule has 3 aromatic rings. The molecule has 0 fully saturated rings. The second-order valence-electron chi connectivity index (χ2n) is 9.68. The van der Waals surface area contributed by atoms with E-state index in [-0.39, 0.29) is 0 Å². The SMILES string of the molecule is CCN(CC)CCN1C(=O)C(NC(=O)[C@H](C)NC(=O)C(O)c2ccccc2)N=C(c2ccccn2)c2ccccc21. The number of hydrogen-bond donors (Lipinski definition) is 3. The Labute approximate surface area is 240 Å². The molecule has 2 aromatic carbocycles. The van der Waals surface area contributed by atoms with Crippen molar-refractivity contribution in [2.75, 3.05) is 31.1 Å². The molecule has 0 saturated heterocycles. The first-order valence-corrected chi connectivity index (χ1v) is 13.8. The van der Waals surface area contributed by atoms with Crippen molar-refractivity contribution in [3.8, 4) is 0 Å². The lowest BCUT2D eigenvalue weighted by atomic mass is 10.0. The fourth-order valence-corrected chi connectivity index (χ4v) is 4.65. The van der Waals surface area contributed by atoms with Gasteiger partial charge in [-0.2, -0.15) is 0 Å². The monoisotopic (exact) mass is 556 g/mol. The van der Waals surface area contributed by atoms with Crippen molar-refractivity contribution in [3.05, 3.63) is 95.8 Å². The van der Waals surface area contributed by atoms with Gasteiger partial charge < -0.3 is 25.5 Å². The number of anilines is 1. The van der Waals surface area contributed by atoms with Crippen LogP contribution in [0.15, 0.2) is 84.0 Å². The molecule has 1 aromatic heterocycles. The largest absolute Gasteiger partial charge is 0.378 e. The average Bonchev–Trinajstić information content (AvgIpc) is 3.12. The number of nitrogens with zero attached hydrogens (tertiary/aromatic N) is 4. The van der Waals surface area contributed by atoms with E-state index in [0.29, 0.717) is 35.7 Å². The van der Waals surface area contributed by atoms with Crippen LogP contribution in [0.5, 0.6) is 0 Å². The molecule has 1 aliphatic rings. The lowest BCUT2D eigenvalue weighted by Gasteiger charge is -2.28. The van der Waals surface area contributed by atoms with Crippen LogP contribution in [-0.4, -0.2) is 76.8 Å². The maximum absolute atomic E-state index is 14.0. The minimum absolute atomic E-state index is 0.393. The molecule has 0 radical (unpaired) electrons. The van der Waals surface area contributed by atoms with E-state index in [1.54, 1.807) is 53.6 Å². The molecule has 0 aliphatic carbocycles. The second-order valence-corrected chi connectivity index (χ2v) is 9.68. The highest BCUT2D eigenvalue weighted by Crippen LogP contribution is 2.27. The molecule has 2 heterocycles. The van der Waals surface area contributed by atoms with Crippen molar-refractivity contribution < 1.29 is 19.5 Å². The van der Waals surface area contributed by atoms with E-state index in [1.165, 1.54) is 6.92 Å². The number of nitrogens with one attached hydrogen (secondary N) is 2. The summed E-state index contributed by atoms with van der Waals surface area (Å²) in [5, 5.41) is 15.7. The number of rotatable bonds is 11. The molecular formula is C31H36N6O4. The summed E-state index contributed by atoms with van der Waals surface area (Å²) in [6.07, 6.45) is -1.05. The Bertz CT molecular complexity index is 1380. The molecule has 3 atom stereocenters. The van der Waals surface area contributed by atoms with Gasteiger partial charge in [-0.3, -0.25) is 19.4 Å². The van der Waals surface area contributed by atoms with Crippen LogP contribution in [0.2, 0.25) is 0 Å². The molecule has 0 saturated carbocycles. The van der Waals surface area contributed by atoms with Crippen LogP contribution in [0, 0.1) is 0 Å². The number of aliphatic hydroxyl groups is 1. The molecule has 3 N–H and O–H groups in total. The second kappa shape index (κ2) is 13.8. The lowest BCUT2D eigenvalue weighted by molar-refractivity contribution is -0.134. The number of para-hydroxylation sites is 1. The third-order valence-corrected chi connectivity index (χ3v) is 7.04. The summed E-state index contributed by atoms with van der Waals surface area (Å²) in [6.45, 7) is 8.32. The van der Waals surface area contributed by atoms with Crippen LogP contribution in [-0.2, 0) is 14.4 Å². The Kier molecular flexibility index (Phi) is 9.94. The summed E-state index contributed by atoms with van der Waals surface area (Å²) in [5.74, 6) is -1.74. The van der Waals surface area contributed by atoms with Gasteiger partial charge in [0.2, 0.25) is 12.1 Å². The molecule has 10 nitrogen and oxygen atoms in total. The molecule has 0 spiro atoms. The summed E-state index contributed by atoms with van der Waals surface area (Å²) < 4.78 is 0. The molecule has 3 amide bonds. The Hall–Kier alpha value is -4.41. The molecule has 2 unspecified atom stereocenters. The first-order valence-electron chi connectivity index (χ1n) is 13.8. The van der Waals surface area contributed by atoms with Gasteiger partial charge in [-0.05, 0) is 43.8 Å². The van der Waals surface area contributed by atoms with Crippen molar-refractivity contribution in [1.82, 2.24) is 20.5 Å². The predicted molar refractivity (Wildman–Crippen MR) is 157 cm³/mol. The number of benzene rings is 2. The van der Waals surface area contributed by atoms with Gasteiger partial charge in [0, 0.05) is 24.8 Å². The molecule has 41 heavy (non-hydrogen) atoms. The van der Waals surface area contributed by atoms with Gasteiger partial charge in [0.15, 0.2) is 6.10 Å². The summed E-state index contributed by atoms with van der Waals surface area (Å²) in [7, 11) is 0. The Morgan fingerprint density at radius 2 is 1.66 bits per heavy atom. The van der Waals surface area contributed by atoms with Gasteiger partial charge in [-0.15, -0.1) is 0 Å². The van der Waals surface area contributed by atoms with Gasteiger partial charge in [-0.1, -0.05) is 68.4 Å². The Balaban J connectivity index is 1.62. The zero-order valence-corrected chi connectivity index (χ0v) is 23.5. The number of pyridine rings is 1. The van der Waals surface area contributed by atoms with Crippen molar-refractivity contribution in [2.45, 2.75) is 39.1 Å². The number of aromatic nitrogens is 1. The van der Waals surface area contributed by atoms with E-state index in [0.717, 1.165) is 18.7 Å². The Morgan fingerprint density at radius 3 is 2.34 bits per heavy atom. The smallest absolute Gasteiger partial charge is 0.272 e. The first-order chi connectivity index (χ1) is 19.8. The first kappa shape index (κ1) is 29.6. The van der Waals surface area contributed by atoms with Gasteiger partial charge in [-0.25, -0.2) is 4.99 Å². The third-order valence-electron chi connectivity index (χ3n) is 7.04. The molecule has 4 rings (SSSR count). The van der Waals surface area contributed by atoms with Gasteiger partial charge in [0.05, 0.1) is 17.1 Å². The van der Waals surface area contributed by atoms with Crippen molar-refractivity contribution in [1.29, 1.82) is 0 Å². The lowest BCUT2D eigenvalue weighted by Crippen LogP contribution is -2.54. The highest BCUT2D eigenvalue weighted by molar-refractivity contribution is 6.19. The average molecular weight is 557 g/mol. The standard InChI is InChI=1S/C31H36N6O4/c1-4-36(5-2)19-20-37-25-17-10-9-15-23(25)26(24-16-11-12-18-32-24)34-28(31(37)41)35-29(39)21(3)33-30(40)27(38)22-13-7-6-8-14-22/h6-18,21,27-28,38H,4-5,19-20H2,1-3H3,(H,33,40)(H,35,39)/t21-,27?,28?/m0/s1. The zero-order valence-electron chi connectivity index (χ0n) is 23.5. The summed E-state index contributed by atoms with van der Waals surface area (Å²) in [4.78, 5) is 53.0. The molecule has 214 valence electrons. The Morgan fingerprint density at radius 1 is 0.976 bits per heavy atom. The molecule has 0 bridgehead atoms. The van der Waals surface area contributed by atoms with Crippen molar-refractivity contribution in [3.63, 3.8) is 0 Å². The predicted octanol–water partition coefficient (Wildman–Crippen LogP) is 2.29. The molecule has 1 aliphatic heterocycles. The minimum Gasteiger partial charge on any atom is -0.378 e. The van der Waals surface area contributed by atoms with E-state index in [1.807, 2.05) is 30.3 Å². The number of likely N-dealkylation sites (N-methyl/N-ethyl adjacent to an activating group) is 1. The summed E-state index contributed by atoms with van der Waals surface area (Å²) in [6, 6.07) is 20.3. The van der Waals surface area contributed by atoms with Gasteiger partial charge in [0.1, 0.15) is 6.04 Å². The van der Waals surface area contributed by atoms with Crippen molar-refractivity contribution >= 4 is 29.1 Å². The normalized spacial score (nSPS) is 16.3. The highest BCUT2D eigenvalue weighted by atomic mass is 16.3. The maximum atomic E-state index is 14.0. The third kappa shape index (κ3) is 7.03. The van der Waals surface area contributed by atoms with E-state index in [2.05, 4.69) is 34.4 Å². The van der Waals surface area contributed by atoms with Gasteiger partial charge in [0.25, 0.3) is 11.8 Å². The maximum Gasteiger partial charge on any atom is 0.272 e. The minimum atomic E-state index is -1.44. The summed E-state index contributed by atoms with van der Waals surface area (Å²) >= 11 is 0. The number of amides is 3. The number of benzodiazepines with no additional fused rings is 1. The van der Waals surface area contributed by atoms with Crippen LogP contribution >= 0.6 is 0 Å². The highest BCUT2D eigenvalue weighted by Gasteiger charge is 2.34. The van der Waals surface area contributed by atoms with Crippen LogP contribution in [0.1, 0.15) is 43.7 Å². The van der Waals surface area contributed by atoms with E-state index in [4.69, 9.17) is 4.99 Å². The van der Waals surface area contributed by atoms with E-state index < -0.39 is 36.0 Å². The van der Waals surface area contributed by atoms with E-state index in [9.17, 15) is 19.5 Å². The van der Waals surface area contributed by atoms with Gasteiger partial charge >= 0.3 is 0 Å². The number of carbonyl (C=O) groups is 3. The molecular weight excluding hydrogens is 520 g/mol. The zero-order chi connectivity index (χ0) is 29.4. The van der Waals surface area contributed by atoms with Crippen molar-refractivity contribution in [2.24, 2.45) is 4.99 Å². The van der Waals surface area contributed by atoms with Crippen LogP contribution in [0.3, 0.4) is 0 Å². The fourth-order valence-electron chi connectivity index (χ4n) is 4.65. The van der Waals surface area contributed by atoms with E-state index >= 15 is 0 Å². The number of hydrogen-bond acceptors (Lipinski definition) is 7. The number of fused-ring (bicyclic) bond motifs is 1. The van der Waals surface area contributed by atoms with Crippen LogP contribution < -0.4 is 15.5 Å². The topological polar surface area (TPSA) is 127 Å². The number of carbonyl (C=O) groups excluding carboxylic acids is 3. The van der Waals surface area contributed by atoms with Crippen LogP contribution in [0.4, 0.5) is 5.69 Å². The number of aliphatic hydroxyl groups excluding tert-OH is 1. The molecule has 10 heteroatoms.